The summed E-state index contributed by atoms with van der Waals surface area (Å²) in [5.41, 5.74) is -0.0122. The smallest absolute Gasteiger partial charge is 0.291 e. The van der Waals surface area contributed by atoms with E-state index in [0.29, 0.717) is 11.3 Å². The lowest BCUT2D eigenvalue weighted by atomic mass is 10.2. The highest BCUT2D eigenvalue weighted by Crippen LogP contribution is 2.25. The van der Waals surface area contributed by atoms with E-state index in [1.54, 1.807) is 0 Å². The molecule has 0 radical (unpaired) electrons. The second-order valence-electron chi connectivity index (χ2n) is 3.50. The number of nitrogens with one attached hydrogen (secondary N) is 1. The highest BCUT2D eigenvalue weighted by Gasteiger charge is 2.16. The molecule has 1 aromatic heterocycles. The molecule has 0 saturated heterocycles. The molecule has 1 heterocycles. The molecule has 0 bridgehead atoms. The molecule has 0 atom stereocenters. The molecule has 2 aromatic rings. The van der Waals surface area contributed by atoms with Crippen LogP contribution in [0.25, 0.3) is 0 Å². The largest absolute Gasteiger partial charge is 0.296 e. The minimum atomic E-state index is -2.75. The number of non-ortho nitro benzene ring substituents is 1. The third kappa shape index (κ3) is 3.09. The zero-order chi connectivity index (χ0) is 14.7. The van der Waals surface area contributed by atoms with Gasteiger partial charge in [0.25, 0.3) is 18.0 Å². The van der Waals surface area contributed by atoms with E-state index in [-0.39, 0.29) is 16.4 Å². The number of amides is 1. The first kappa shape index (κ1) is 13.9. The van der Waals surface area contributed by atoms with Crippen molar-refractivity contribution < 1.29 is 18.5 Å². The zero-order valence-corrected chi connectivity index (χ0v) is 10.4. The fourth-order valence-electron chi connectivity index (χ4n) is 1.28. The van der Waals surface area contributed by atoms with E-state index in [2.05, 4.69) is 15.5 Å². The second kappa shape index (κ2) is 5.65. The molecule has 0 aliphatic heterocycles. The molecule has 1 amide bonds. The van der Waals surface area contributed by atoms with Crippen molar-refractivity contribution in [2.45, 2.75) is 6.43 Å². The number of anilines is 1. The van der Waals surface area contributed by atoms with Gasteiger partial charge in [-0.1, -0.05) is 11.3 Å². The minimum absolute atomic E-state index is 0.0661. The van der Waals surface area contributed by atoms with E-state index in [1.165, 1.54) is 24.3 Å². The van der Waals surface area contributed by atoms with Crippen molar-refractivity contribution >= 4 is 28.1 Å². The lowest BCUT2D eigenvalue weighted by Crippen LogP contribution is -2.11. The van der Waals surface area contributed by atoms with Gasteiger partial charge in [-0.2, -0.15) is 0 Å². The Labute approximate surface area is 114 Å². The standard InChI is InChI=1S/C10H6F2N4O3S/c11-7(12)9-14-15-10(20-9)13-8(17)5-1-3-6(4-2-5)16(18)19/h1-4,7H,(H,13,15,17). The van der Waals surface area contributed by atoms with Crippen molar-refractivity contribution in [3.63, 3.8) is 0 Å². The third-order valence-electron chi connectivity index (χ3n) is 2.19. The molecule has 0 aliphatic rings. The molecule has 0 fully saturated rings. The highest BCUT2D eigenvalue weighted by molar-refractivity contribution is 7.15. The summed E-state index contributed by atoms with van der Waals surface area (Å²) in [5, 5.41) is 18.8. The molecule has 20 heavy (non-hydrogen) atoms. The summed E-state index contributed by atoms with van der Waals surface area (Å²) in [6.07, 6.45) is -2.75. The van der Waals surface area contributed by atoms with Gasteiger partial charge < -0.3 is 0 Å². The average molecular weight is 300 g/mol. The Morgan fingerprint density at radius 1 is 1.30 bits per heavy atom. The average Bonchev–Trinajstić information content (AvgIpc) is 2.87. The number of aromatic nitrogens is 2. The Bertz CT molecular complexity index is 644. The fourth-order valence-corrected chi connectivity index (χ4v) is 1.87. The van der Waals surface area contributed by atoms with Gasteiger partial charge in [-0.3, -0.25) is 20.2 Å². The number of rotatable bonds is 4. The molecule has 0 aliphatic carbocycles. The molecule has 0 saturated carbocycles. The first-order valence-corrected chi connectivity index (χ1v) is 5.96. The number of nitrogens with zero attached hydrogens (tertiary/aromatic N) is 3. The second-order valence-corrected chi connectivity index (χ2v) is 4.51. The van der Waals surface area contributed by atoms with Crippen LogP contribution in [0.1, 0.15) is 21.8 Å². The quantitative estimate of drug-likeness (QED) is 0.691. The molecule has 2 rings (SSSR count). The summed E-state index contributed by atoms with van der Waals surface area (Å²) in [5.74, 6) is -0.614. The van der Waals surface area contributed by atoms with Crippen LogP contribution in [0.4, 0.5) is 19.6 Å². The predicted molar refractivity (Wildman–Crippen MR) is 65.9 cm³/mol. The van der Waals surface area contributed by atoms with Crippen LogP contribution in [-0.4, -0.2) is 21.0 Å². The van der Waals surface area contributed by atoms with Gasteiger partial charge in [-0.25, -0.2) is 8.78 Å². The van der Waals surface area contributed by atoms with E-state index in [4.69, 9.17) is 0 Å². The number of carbonyl (C=O) groups excluding carboxylic acids is 1. The SMILES string of the molecule is O=C(Nc1nnc(C(F)F)s1)c1ccc([N+](=O)[O-])cc1. The Balaban J connectivity index is 2.09. The maximum absolute atomic E-state index is 12.3. The third-order valence-corrected chi connectivity index (χ3v) is 3.03. The highest BCUT2D eigenvalue weighted by atomic mass is 32.1. The molecule has 10 heteroatoms. The predicted octanol–water partition coefficient (Wildman–Crippen LogP) is 2.64. The lowest BCUT2D eigenvalue weighted by molar-refractivity contribution is -0.384. The van der Waals surface area contributed by atoms with Crippen LogP contribution in [-0.2, 0) is 0 Å². The van der Waals surface area contributed by atoms with Gasteiger partial charge in [0.2, 0.25) is 5.13 Å². The summed E-state index contributed by atoms with van der Waals surface area (Å²) in [7, 11) is 0. The number of nitro benzene ring substituents is 1. The zero-order valence-electron chi connectivity index (χ0n) is 9.62. The lowest BCUT2D eigenvalue weighted by Gasteiger charge is -2.00. The molecule has 0 spiro atoms. The van der Waals surface area contributed by atoms with Gasteiger partial charge in [-0.05, 0) is 12.1 Å². The van der Waals surface area contributed by atoms with Crippen molar-refractivity contribution in [2.24, 2.45) is 0 Å². The van der Waals surface area contributed by atoms with Gasteiger partial charge in [0.15, 0.2) is 5.01 Å². The van der Waals surface area contributed by atoms with Crippen molar-refractivity contribution in [1.29, 1.82) is 0 Å². The molecular weight excluding hydrogens is 294 g/mol. The number of hydrogen-bond donors (Lipinski definition) is 1. The Kier molecular flexibility index (Phi) is 3.94. The number of nitro groups is 1. The molecule has 1 aromatic carbocycles. The topological polar surface area (TPSA) is 98.0 Å². The monoisotopic (exact) mass is 300 g/mol. The van der Waals surface area contributed by atoms with E-state index in [0.717, 1.165) is 0 Å². The number of alkyl halides is 2. The van der Waals surface area contributed by atoms with Crippen LogP contribution in [0.5, 0.6) is 0 Å². The number of carbonyl (C=O) groups is 1. The number of halogens is 2. The van der Waals surface area contributed by atoms with Crippen LogP contribution in [0, 0.1) is 10.1 Å². The molecule has 104 valence electrons. The van der Waals surface area contributed by atoms with E-state index in [1.807, 2.05) is 0 Å². The fraction of sp³-hybridized carbons (Fsp3) is 0.100. The number of benzene rings is 1. The summed E-state index contributed by atoms with van der Waals surface area (Å²) in [6.45, 7) is 0. The van der Waals surface area contributed by atoms with Crippen molar-refractivity contribution in [1.82, 2.24) is 10.2 Å². The van der Waals surface area contributed by atoms with Crippen molar-refractivity contribution in [2.75, 3.05) is 5.32 Å². The summed E-state index contributed by atoms with van der Waals surface area (Å²) >= 11 is 0.560. The summed E-state index contributed by atoms with van der Waals surface area (Å²) in [6, 6.07) is 4.84. The molecule has 7 nitrogen and oxygen atoms in total. The van der Waals surface area contributed by atoms with Crippen LogP contribution in [0.2, 0.25) is 0 Å². The normalized spacial score (nSPS) is 10.6. The van der Waals surface area contributed by atoms with Crippen molar-refractivity contribution in [3.05, 3.63) is 45.0 Å². The summed E-state index contributed by atoms with van der Waals surface area (Å²) in [4.78, 5) is 21.6. The molecule has 0 unspecified atom stereocenters. The van der Waals surface area contributed by atoms with Gasteiger partial charge in [0.05, 0.1) is 4.92 Å². The van der Waals surface area contributed by atoms with Crippen LogP contribution < -0.4 is 5.32 Å². The summed E-state index contributed by atoms with van der Waals surface area (Å²) < 4.78 is 24.6. The Morgan fingerprint density at radius 3 is 2.45 bits per heavy atom. The number of hydrogen-bond acceptors (Lipinski definition) is 6. The van der Waals surface area contributed by atoms with Gasteiger partial charge in [-0.15, -0.1) is 10.2 Å². The van der Waals surface area contributed by atoms with E-state index in [9.17, 15) is 23.7 Å². The Morgan fingerprint density at radius 2 is 1.95 bits per heavy atom. The van der Waals surface area contributed by atoms with Gasteiger partial charge in [0, 0.05) is 17.7 Å². The van der Waals surface area contributed by atoms with Crippen LogP contribution in [0.15, 0.2) is 24.3 Å². The van der Waals surface area contributed by atoms with Gasteiger partial charge in [0.1, 0.15) is 0 Å². The first-order chi connectivity index (χ1) is 9.47. The molecular formula is C10H6F2N4O3S. The maximum Gasteiger partial charge on any atom is 0.291 e. The van der Waals surface area contributed by atoms with Crippen molar-refractivity contribution in [3.8, 4) is 0 Å². The van der Waals surface area contributed by atoms with E-state index >= 15 is 0 Å². The Hall–Kier alpha value is -2.49. The molecule has 1 N–H and O–H groups in total. The van der Waals surface area contributed by atoms with Crippen LogP contribution >= 0.6 is 11.3 Å². The minimum Gasteiger partial charge on any atom is -0.296 e. The maximum atomic E-state index is 12.3. The first-order valence-electron chi connectivity index (χ1n) is 5.14. The van der Waals surface area contributed by atoms with Crippen LogP contribution in [0.3, 0.4) is 0 Å². The van der Waals surface area contributed by atoms with Gasteiger partial charge >= 0.3 is 0 Å². The van der Waals surface area contributed by atoms with E-state index < -0.39 is 22.3 Å².